The Hall–Kier alpha value is -3.03. The van der Waals surface area contributed by atoms with E-state index in [-0.39, 0.29) is 30.3 Å². The number of hydrogen-bond acceptors (Lipinski definition) is 5. The first-order valence-corrected chi connectivity index (χ1v) is 12.7. The summed E-state index contributed by atoms with van der Waals surface area (Å²) >= 11 is 1.36. The average molecular weight is 451 g/mol. The first-order valence-electron chi connectivity index (χ1n) is 9.97. The highest BCUT2D eigenvalue weighted by Gasteiger charge is 2.14. The number of carbonyl (C=O) groups excluding carboxylic acids is 1. The van der Waals surface area contributed by atoms with Crippen LogP contribution in [0.4, 0.5) is 5.13 Å². The molecule has 0 radical (unpaired) electrons. The van der Waals surface area contributed by atoms with Gasteiger partial charge >= 0.3 is 0 Å². The van der Waals surface area contributed by atoms with Crippen LogP contribution in [-0.2, 0) is 20.4 Å². The maximum Gasteiger partial charge on any atom is 0.226 e. The maximum absolute atomic E-state index is 12.3. The van der Waals surface area contributed by atoms with Gasteiger partial charge in [-0.05, 0) is 28.8 Å². The second-order valence-corrected chi connectivity index (χ2v) is 10.4. The molecule has 7 heteroatoms. The molecular weight excluding hydrogens is 428 g/mol. The van der Waals surface area contributed by atoms with Crippen molar-refractivity contribution in [3.8, 4) is 11.3 Å². The Kier molecular flexibility index (Phi) is 6.44. The predicted molar refractivity (Wildman–Crippen MR) is 127 cm³/mol. The van der Waals surface area contributed by atoms with Gasteiger partial charge in [0.25, 0.3) is 0 Å². The zero-order valence-electron chi connectivity index (χ0n) is 16.8. The largest absolute Gasteiger partial charge is 0.302 e. The van der Waals surface area contributed by atoms with Crippen molar-refractivity contribution in [2.24, 2.45) is 0 Å². The van der Waals surface area contributed by atoms with Crippen molar-refractivity contribution in [1.82, 2.24) is 4.98 Å². The summed E-state index contributed by atoms with van der Waals surface area (Å²) < 4.78 is 24.5. The first kappa shape index (κ1) is 21.2. The Morgan fingerprint density at radius 3 is 2.48 bits per heavy atom. The van der Waals surface area contributed by atoms with Gasteiger partial charge in [-0.2, -0.15) is 0 Å². The lowest BCUT2D eigenvalue weighted by Gasteiger charge is -2.05. The van der Waals surface area contributed by atoms with Crippen molar-refractivity contribution in [3.63, 3.8) is 0 Å². The highest BCUT2D eigenvalue weighted by Crippen LogP contribution is 2.27. The predicted octanol–water partition coefficient (Wildman–Crippen LogP) is 5.30. The van der Waals surface area contributed by atoms with Gasteiger partial charge in [-0.1, -0.05) is 66.7 Å². The van der Waals surface area contributed by atoms with Crippen molar-refractivity contribution < 1.29 is 13.2 Å². The Balaban J connectivity index is 1.30. The van der Waals surface area contributed by atoms with Crippen molar-refractivity contribution in [2.75, 3.05) is 11.1 Å². The molecule has 3 aromatic carbocycles. The molecule has 4 rings (SSSR count). The molecule has 158 valence electrons. The molecule has 0 aliphatic carbocycles. The summed E-state index contributed by atoms with van der Waals surface area (Å²) in [6.45, 7) is 0. The van der Waals surface area contributed by atoms with Crippen molar-refractivity contribution in [3.05, 3.63) is 83.7 Å². The van der Waals surface area contributed by atoms with Crippen LogP contribution in [0.2, 0.25) is 0 Å². The van der Waals surface area contributed by atoms with Crippen molar-refractivity contribution in [2.45, 2.75) is 18.6 Å². The van der Waals surface area contributed by atoms with E-state index in [1.54, 1.807) is 12.1 Å². The quantitative estimate of drug-likeness (QED) is 0.395. The Morgan fingerprint density at radius 1 is 0.935 bits per heavy atom. The summed E-state index contributed by atoms with van der Waals surface area (Å²) in [4.78, 5) is 16.7. The number of amides is 1. The number of thiazole rings is 1. The monoisotopic (exact) mass is 450 g/mol. The fourth-order valence-corrected chi connectivity index (χ4v) is 5.51. The molecule has 0 spiro atoms. The minimum Gasteiger partial charge on any atom is -0.302 e. The van der Waals surface area contributed by atoms with Crippen LogP contribution in [0.15, 0.2) is 78.2 Å². The summed E-state index contributed by atoms with van der Waals surface area (Å²) in [6.07, 6.45) is 0.419. The number of sulfone groups is 1. The molecule has 1 amide bonds. The number of hydrogen-bond donors (Lipinski definition) is 1. The normalized spacial score (nSPS) is 11.5. The lowest BCUT2D eigenvalue weighted by molar-refractivity contribution is -0.116. The molecule has 5 nitrogen and oxygen atoms in total. The SMILES string of the molecule is O=C(CCCS(=O)(=O)Cc1ccccc1)Nc1nc(-c2ccc3ccccc3c2)cs1. The molecule has 31 heavy (non-hydrogen) atoms. The fraction of sp³-hybridized carbons (Fsp3) is 0.167. The molecule has 4 aromatic rings. The average Bonchev–Trinajstić information content (AvgIpc) is 3.22. The Morgan fingerprint density at radius 2 is 1.68 bits per heavy atom. The van der Waals surface area contributed by atoms with E-state index in [4.69, 9.17) is 0 Å². The van der Waals surface area contributed by atoms with Crippen LogP contribution < -0.4 is 5.32 Å². The van der Waals surface area contributed by atoms with Crippen LogP contribution >= 0.6 is 11.3 Å². The zero-order chi connectivity index (χ0) is 21.7. The number of nitrogens with zero attached hydrogens (tertiary/aromatic N) is 1. The smallest absolute Gasteiger partial charge is 0.226 e. The fourth-order valence-electron chi connectivity index (χ4n) is 3.35. The molecule has 1 N–H and O–H groups in total. The van der Waals surface area contributed by atoms with Gasteiger partial charge in [0, 0.05) is 17.4 Å². The molecule has 0 fully saturated rings. The third-order valence-electron chi connectivity index (χ3n) is 4.88. The molecule has 0 unspecified atom stereocenters. The molecule has 1 heterocycles. The number of nitrogens with one attached hydrogen (secondary N) is 1. The summed E-state index contributed by atoms with van der Waals surface area (Å²) in [7, 11) is -3.25. The first-order chi connectivity index (χ1) is 15.0. The van der Waals surface area contributed by atoms with Crippen LogP contribution in [-0.4, -0.2) is 25.1 Å². The third-order valence-corrected chi connectivity index (χ3v) is 7.33. The number of fused-ring (bicyclic) bond motifs is 1. The number of anilines is 1. The lowest BCUT2D eigenvalue weighted by Crippen LogP contribution is -2.15. The van der Waals surface area contributed by atoms with Gasteiger partial charge in [-0.3, -0.25) is 4.79 Å². The number of carbonyl (C=O) groups is 1. The summed E-state index contributed by atoms with van der Waals surface area (Å²) in [5, 5.41) is 7.50. The van der Waals surface area contributed by atoms with Gasteiger partial charge in [0.05, 0.1) is 17.2 Å². The topological polar surface area (TPSA) is 76.1 Å². The van der Waals surface area contributed by atoms with Crippen LogP contribution in [0.5, 0.6) is 0 Å². The Labute approximate surface area is 185 Å². The van der Waals surface area contributed by atoms with Crippen LogP contribution in [0, 0.1) is 0 Å². The molecule has 0 saturated heterocycles. The van der Waals surface area contributed by atoms with E-state index in [0.717, 1.165) is 27.6 Å². The molecule has 0 aliphatic heterocycles. The standard InChI is InChI=1S/C24H22N2O3S2/c27-23(11-6-14-31(28,29)17-18-7-2-1-3-8-18)26-24-25-22(16-30-24)21-13-12-19-9-4-5-10-20(19)15-21/h1-5,7-10,12-13,15-16H,6,11,14,17H2,(H,25,26,27). The number of rotatable bonds is 8. The van der Waals surface area contributed by atoms with E-state index in [0.29, 0.717) is 5.13 Å². The van der Waals surface area contributed by atoms with Crippen LogP contribution in [0.1, 0.15) is 18.4 Å². The molecule has 0 aliphatic rings. The van der Waals surface area contributed by atoms with Crippen LogP contribution in [0.25, 0.3) is 22.0 Å². The maximum atomic E-state index is 12.3. The summed E-state index contributed by atoms with van der Waals surface area (Å²) in [6, 6.07) is 23.3. The van der Waals surface area contributed by atoms with Gasteiger partial charge < -0.3 is 5.32 Å². The third kappa shape index (κ3) is 5.77. The second kappa shape index (κ2) is 9.41. The van der Waals surface area contributed by atoms with E-state index in [2.05, 4.69) is 34.6 Å². The van der Waals surface area contributed by atoms with E-state index in [9.17, 15) is 13.2 Å². The number of benzene rings is 3. The van der Waals surface area contributed by atoms with E-state index in [1.807, 2.05) is 41.8 Å². The summed E-state index contributed by atoms with van der Waals surface area (Å²) in [5.41, 5.74) is 2.55. The van der Waals surface area contributed by atoms with Crippen molar-refractivity contribution in [1.29, 1.82) is 0 Å². The van der Waals surface area contributed by atoms with Crippen molar-refractivity contribution >= 4 is 43.0 Å². The van der Waals surface area contributed by atoms with Crippen LogP contribution in [0.3, 0.4) is 0 Å². The molecular formula is C24H22N2O3S2. The van der Waals surface area contributed by atoms with E-state index < -0.39 is 9.84 Å². The molecule has 0 saturated carbocycles. The summed E-state index contributed by atoms with van der Waals surface area (Å²) in [5.74, 6) is -0.249. The second-order valence-electron chi connectivity index (χ2n) is 7.33. The zero-order valence-corrected chi connectivity index (χ0v) is 18.5. The van der Waals surface area contributed by atoms with Gasteiger partial charge in [0.2, 0.25) is 5.91 Å². The van der Waals surface area contributed by atoms with Gasteiger partial charge in [0.1, 0.15) is 0 Å². The van der Waals surface area contributed by atoms with E-state index in [1.165, 1.54) is 11.3 Å². The van der Waals surface area contributed by atoms with Gasteiger partial charge in [-0.25, -0.2) is 13.4 Å². The Bertz CT molecular complexity index is 1300. The van der Waals surface area contributed by atoms with Gasteiger partial charge in [0.15, 0.2) is 15.0 Å². The number of aromatic nitrogens is 1. The molecule has 0 bridgehead atoms. The van der Waals surface area contributed by atoms with E-state index >= 15 is 0 Å². The minimum atomic E-state index is -3.25. The lowest BCUT2D eigenvalue weighted by atomic mass is 10.1. The highest BCUT2D eigenvalue weighted by molar-refractivity contribution is 7.90. The van der Waals surface area contributed by atoms with Gasteiger partial charge in [-0.15, -0.1) is 11.3 Å². The minimum absolute atomic E-state index is 0.00292. The molecule has 0 atom stereocenters. The molecule has 1 aromatic heterocycles. The highest BCUT2D eigenvalue weighted by atomic mass is 32.2.